The monoisotopic (exact) mass is 587 g/mol. The van der Waals surface area contributed by atoms with Crippen LogP contribution in [0.15, 0.2) is 24.3 Å². The molecule has 1 aromatic rings. The molecule has 212 valence electrons. The lowest BCUT2D eigenvalue weighted by Gasteiger charge is -2.29. The number of unbranched alkanes of at least 4 members (excludes halogenated alkanes) is 1. The van der Waals surface area contributed by atoms with Gasteiger partial charge in [0.1, 0.15) is 5.75 Å². The second-order valence-corrected chi connectivity index (χ2v) is 10.6. The molecule has 1 aromatic carbocycles. The highest BCUT2D eigenvalue weighted by atomic mass is 32.2. The van der Waals surface area contributed by atoms with Gasteiger partial charge in [-0.25, -0.2) is 4.79 Å². The van der Waals surface area contributed by atoms with E-state index in [2.05, 4.69) is 9.50 Å². The van der Waals surface area contributed by atoms with Crippen molar-refractivity contribution in [3.05, 3.63) is 29.8 Å². The SMILES string of the molecule is CCC(C)C(=O)NCCCCOC(=O)c1ccc(OS(=O)(=O)C(F)(F)C(F)(F)C(F)(F)S(=O)(=O)O)cc1. The minimum atomic E-state index is -7.17. The normalized spacial score (nSPS) is 14.1. The van der Waals surface area contributed by atoms with Gasteiger partial charge in [-0.1, -0.05) is 13.8 Å². The van der Waals surface area contributed by atoms with Crippen molar-refractivity contribution < 1.29 is 66.2 Å². The van der Waals surface area contributed by atoms with Crippen LogP contribution in [0.2, 0.25) is 0 Å². The lowest BCUT2D eigenvalue weighted by atomic mass is 10.1. The molecule has 1 amide bonds. The molecule has 0 heterocycles. The highest BCUT2D eigenvalue weighted by Gasteiger charge is 2.83. The molecule has 0 aliphatic rings. The number of carbonyl (C=O) groups excluding carboxylic acids is 2. The van der Waals surface area contributed by atoms with Crippen molar-refractivity contribution in [2.75, 3.05) is 13.2 Å². The van der Waals surface area contributed by atoms with Gasteiger partial charge in [-0.05, 0) is 43.5 Å². The highest BCUT2D eigenvalue weighted by molar-refractivity contribution is 7.88. The number of ether oxygens (including phenoxy) is 1. The Labute approximate surface area is 208 Å². The fourth-order valence-corrected chi connectivity index (χ4v) is 3.79. The van der Waals surface area contributed by atoms with E-state index in [4.69, 9.17) is 9.29 Å². The predicted molar refractivity (Wildman–Crippen MR) is 114 cm³/mol. The Balaban J connectivity index is 2.77. The summed E-state index contributed by atoms with van der Waals surface area (Å²) in [7, 11) is -14.1. The number of hydrogen-bond donors (Lipinski definition) is 2. The minimum Gasteiger partial charge on any atom is -0.462 e. The quantitative estimate of drug-likeness (QED) is 0.110. The molecule has 0 bridgehead atoms. The summed E-state index contributed by atoms with van der Waals surface area (Å²) in [5, 5.41) is -11.0. The number of rotatable bonds is 14. The number of hydrogen-bond acceptors (Lipinski definition) is 8. The summed E-state index contributed by atoms with van der Waals surface area (Å²) in [6.07, 6.45) is 1.48. The van der Waals surface area contributed by atoms with Crippen molar-refractivity contribution in [1.82, 2.24) is 5.32 Å². The summed E-state index contributed by atoms with van der Waals surface area (Å²) in [6.45, 7) is 3.85. The van der Waals surface area contributed by atoms with Crippen LogP contribution in [0.5, 0.6) is 5.75 Å². The van der Waals surface area contributed by atoms with E-state index < -0.39 is 48.4 Å². The maximum Gasteiger partial charge on any atom is 0.450 e. The van der Waals surface area contributed by atoms with Gasteiger partial charge >= 0.3 is 42.6 Å². The molecule has 0 aromatic heterocycles. The van der Waals surface area contributed by atoms with Gasteiger partial charge in [0.15, 0.2) is 0 Å². The zero-order valence-corrected chi connectivity index (χ0v) is 20.9. The fraction of sp³-hybridized carbons (Fsp3) is 0.579. The molecule has 0 radical (unpaired) electrons. The van der Waals surface area contributed by atoms with Crippen molar-refractivity contribution >= 4 is 32.1 Å². The lowest BCUT2D eigenvalue weighted by molar-refractivity contribution is -0.247. The van der Waals surface area contributed by atoms with Crippen LogP contribution >= 0.6 is 0 Å². The van der Waals surface area contributed by atoms with Gasteiger partial charge in [-0.2, -0.15) is 43.2 Å². The van der Waals surface area contributed by atoms with Gasteiger partial charge in [0, 0.05) is 12.5 Å². The first-order valence-electron chi connectivity index (χ1n) is 10.3. The van der Waals surface area contributed by atoms with Crippen LogP contribution in [0, 0.1) is 5.92 Å². The summed E-state index contributed by atoms with van der Waals surface area (Å²) in [6, 6.07) is 2.63. The molecule has 2 N–H and O–H groups in total. The Morgan fingerprint density at radius 3 is 2.00 bits per heavy atom. The molecule has 18 heteroatoms. The van der Waals surface area contributed by atoms with Crippen molar-refractivity contribution in [2.24, 2.45) is 5.92 Å². The second-order valence-electron chi connectivity index (χ2n) is 7.59. The smallest absolute Gasteiger partial charge is 0.450 e. The third-order valence-electron chi connectivity index (χ3n) is 4.83. The van der Waals surface area contributed by atoms with Crippen molar-refractivity contribution in [3.63, 3.8) is 0 Å². The number of benzene rings is 1. The maximum absolute atomic E-state index is 13.8. The third-order valence-corrected chi connectivity index (χ3v) is 7.03. The van der Waals surface area contributed by atoms with Gasteiger partial charge < -0.3 is 14.2 Å². The average Bonchev–Trinajstić information content (AvgIpc) is 2.79. The van der Waals surface area contributed by atoms with Gasteiger partial charge in [0.25, 0.3) is 0 Å². The molecule has 1 unspecified atom stereocenters. The van der Waals surface area contributed by atoms with E-state index in [1.165, 1.54) is 0 Å². The molecule has 1 rings (SSSR count). The second kappa shape index (κ2) is 11.8. The van der Waals surface area contributed by atoms with Crippen LogP contribution in [0.4, 0.5) is 26.3 Å². The van der Waals surface area contributed by atoms with E-state index in [1.54, 1.807) is 6.92 Å². The van der Waals surface area contributed by atoms with E-state index in [9.17, 15) is 52.8 Å². The molecule has 0 spiro atoms. The average molecular weight is 588 g/mol. The molecule has 37 heavy (non-hydrogen) atoms. The Bertz CT molecular complexity index is 1170. The Kier molecular flexibility index (Phi) is 10.4. The first-order chi connectivity index (χ1) is 16.7. The van der Waals surface area contributed by atoms with Crippen molar-refractivity contribution in [2.45, 2.75) is 49.5 Å². The van der Waals surface area contributed by atoms with Crippen LogP contribution in [-0.2, 0) is 29.8 Å². The zero-order valence-electron chi connectivity index (χ0n) is 19.2. The Morgan fingerprint density at radius 1 is 0.973 bits per heavy atom. The number of alkyl halides is 6. The summed E-state index contributed by atoms with van der Waals surface area (Å²) >= 11 is 0. The number of nitrogens with one attached hydrogen (secondary N) is 1. The predicted octanol–water partition coefficient (Wildman–Crippen LogP) is 3.20. The largest absolute Gasteiger partial charge is 0.462 e. The van der Waals surface area contributed by atoms with Gasteiger partial charge in [0.2, 0.25) is 5.91 Å². The van der Waals surface area contributed by atoms with E-state index in [1.807, 2.05) is 6.92 Å². The molecule has 10 nitrogen and oxygen atoms in total. The third kappa shape index (κ3) is 7.25. The molecule has 0 aliphatic carbocycles. The molecule has 0 saturated carbocycles. The van der Waals surface area contributed by atoms with Gasteiger partial charge in [0.05, 0.1) is 12.2 Å². The van der Waals surface area contributed by atoms with Gasteiger partial charge in [-0.3, -0.25) is 9.35 Å². The fourth-order valence-electron chi connectivity index (χ4n) is 2.36. The van der Waals surface area contributed by atoms with Crippen LogP contribution < -0.4 is 9.50 Å². The molecular weight excluding hydrogens is 564 g/mol. The van der Waals surface area contributed by atoms with Gasteiger partial charge in [-0.15, -0.1) is 0 Å². The van der Waals surface area contributed by atoms with Crippen LogP contribution in [0.1, 0.15) is 43.5 Å². The number of amides is 1. The van der Waals surface area contributed by atoms with Crippen LogP contribution in [-0.4, -0.2) is 62.8 Å². The Morgan fingerprint density at radius 2 is 1.51 bits per heavy atom. The number of esters is 1. The molecular formula is C19H23F6NO9S2. The van der Waals surface area contributed by atoms with Crippen LogP contribution in [0.3, 0.4) is 0 Å². The topological polar surface area (TPSA) is 153 Å². The standard InChI is InChI=1S/C19H23F6NO9S2/c1-3-12(2)15(27)26-10-4-5-11-34-16(28)13-6-8-14(9-7-13)35-37(32,33)19(24,25)17(20,21)18(22,23)36(29,30)31/h6-9,12H,3-5,10-11H2,1-2H3,(H,26,27)(H,29,30,31). The summed E-state index contributed by atoms with van der Waals surface area (Å²) in [5.74, 6) is -9.51. The maximum atomic E-state index is 13.8. The van der Waals surface area contributed by atoms with E-state index in [0.717, 1.165) is 12.1 Å². The molecule has 0 saturated heterocycles. The highest BCUT2D eigenvalue weighted by Crippen LogP contribution is 2.50. The first kappa shape index (κ1) is 32.4. The molecule has 0 aliphatic heterocycles. The summed E-state index contributed by atoms with van der Waals surface area (Å²) in [5.41, 5.74) is -0.259. The summed E-state index contributed by atoms with van der Waals surface area (Å²) < 4.78 is 142. The van der Waals surface area contributed by atoms with E-state index >= 15 is 0 Å². The Hall–Kier alpha value is -2.60. The minimum absolute atomic E-state index is 0.0893. The number of carbonyl (C=O) groups is 2. The molecule has 0 fully saturated rings. The van der Waals surface area contributed by atoms with Crippen molar-refractivity contribution in [1.29, 1.82) is 0 Å². The van der Waals surface area contributed by atoms with E-state index in [0.29, 0.717) is 37.9 Å². The summed E-state index contributed by atoms with van der Waals surface area (Å²) in [4.78, 5) is 23.6. The van der Waals surface area contributed by atoms with Crippen LogP contribution in [0.25, 0.3) is 0 Å². The van der Waals surface area contributed by atoms with E-state index in [-0.39, 0.29) is 24.0 Å². The zero-order chi connectivity index (χ0) is 28.9. The first-order valence-corrected chi connectivity index (χ1v) is 13.2. The van der Waals surface area contributed by atoms with Crippen molar-refractivity contribution in [3.8, 4) is 5.75 Å². The lowest BCUT2D eigenvalue weighted by Crippen LogP contribution is -2.61. The number of halogens is 6. The molecule has 1 atom stereocenters.